The third-order valence-corrected chi connectivity index (χ3v) is 5.80. The highest BCUT2D eigenvalue weighted by Crippen LogP contribution is 2.28. The molecule has 0 bridgehead atoms. The van der Waals surface area contributed by atoms with Gasteiger partial charge in [-0.15, -0.1) is 0 Å². The largest absolute Gasteiger partial charge is 0.481 e. The highest BCUT2D eigenvalue weighted by molar-refractivity contribution is 6.33. The van der Waals surface area contributed by atoms with Gasteiger partial charge in [-0.05, 0) is 43.9 Å². The number of nitrogens with one attached hydrogen (secondary N) is 2. The molecule has 0 spiro atoms. The van der Waals surface area contributed by atoms with Gasteiger partial charge in [0, 0.05) is 30.4 Å². The Kier molecular flexibility index (Phi) is 6.27. The van der Waals surface area contributed by atoms with Crippen LogP contribution in [0, 0.1) is 5.92 Å². The number of amides is 2. The average molecular weight is 440 g/mol. The van der Waals surface area contributed by atoms with E-state index in [0.29, 0.717) is 58.9 Å². The third-order valence-electron chi connectivity index (χ3n) is 5.47. The maximum Gasteiger partial charge on any atom is 0.253 e. The Balaban J connectivity index is 1.37. The van der Waals surface area contributed by atoms with Crippen LogP contribution in [-0.2, 0) is 4.79 Å². The zero-order chi connectivity index (χ0) is 21.8. The molecule has 0 aromatic carbocycles. The normalized spacial score (nSPS) is 18.4. The monoisotopic (exact) mass is 439 g/mol. The van der Waals surface area contributed by atoms with E-state index < -0.39 is 0 Å². The number of hydrogen-bond acceptors (Lipinski definition) is 6. The van der Waals surface area contributed by atoms with Gasteiger partial charge in [0.2, 0.25) is 11.8 Å². The Bertz CT molecular complexity index is 1120. The minimum absolute atomic E-state index is 0.00708. The molecule has 3 aromatic heterocycles. The van der Waals surface area contributed by atoms with Crippen LogP contribution in [0.15, 0.2) is 42.9 Å². The molecule has 3 aromatic rings. The highest BCUT2D eigenvalue weighted by atomic mass is 35.5. The van der Waals surface area contributed by atoms with Crippen molar-refractivity contribution in [3.8, 4) is 5.88 Å². The molecule has 0 saturated heterocycles. The Morgan fingerprint density at radius 2 is 1.90 bits per heavy atom. The van der Waals surface area contributed by atoms with Gasteiger partial charge in [0.25, 0.3) is 5.91 Å². The summed E-state index contributed by atoms with van der Waals surface area (Å²) < 4.78 is 5.17. The Hall–Kier alpha value is -3.26. The first-order valence-corrected chi connectivity index (χ1v) is 10.4. The molecule has 4 rings (SSSR count). The Morgan fingerprint density at radius 3 is 2.65 bits per heavy atom. The summed E-state index contributed by atoms with van der Waals surface area (Å²) in [5.41, 5.74) is 2.09. The SMILES string of the molecule is COc1ccc2nccc(C(=O)N[C@H]3CC[C@H](C(=O)Nc4cnccc4Cl)CC3)c2n1. The number of carbonyl (C=O) groups excluding carboxylic acids is 2. The molecule has 160 valence electrons. The molecule has 0 radical (unpaired) electrons. The minimum atomic E-state index is -0.205. The number of carbonyl (C=O) groups is 2. The second-order valence-electron chi connectivity index (χ2n) is 7.45. The average Bonchev–Trinajstić information content (AvgIpc) is 2.80. The fraction of sp³-hybridized carbons (Fsp3) is 0.318. The van der Waals surface area contributed by atoms with Gasteiger partial charge in [0.15, 0.2) is 0 Å². The predicted octanol–water partition coefficient (Wildman–Crippen LogP) is 3.61. The van der Waals surface area contributed by atoms with Gasteiger partial charge < -0.3 is 15.4 Å². The number of pyridine rings is 3. The van der Waals surface area contributed by atoms with Crippen molar-refractivity contribution in [2.24, 2.45) is 5.92 Å². The number of ether oxygens (including phenoxy) is 1. The van der Waals surface area contributed by atoms with E-state index in [9.17, 15) is 9.59 Å². The van der Waals surface area contributed by atoms with Gasteiger partial charge in [-0.1, -0.05) is 11.6 Å². The van der Waals surface area contributed by atoms with Crippen LogP contribution >= 0.6 is 11.6 Å². The zero-order valence-electron chi connectivity index (χ0n) is 17.0. The van der Waals surface area contributed by atoms with E-state index in [2.05, 4.69) is 25.6 Å². The zero-order valence-corrected chi connectivity index (χ0v) is 17.7. The second-order valence-corrected chi connectivity index (χ2v) is 7.85. The van der Waals surface area contributed by atoms with Crippen molar-refractivity contribution in [1.82, 2.24) is 20.3 Å². The van der Waals surface area contributed by atoms with E-state index in [1.807, 2.05) is 0 Å². The molecule has 0 atom stereocenters. The van der Waals surface area contributed by atoms with Crippen molar-refractivity contribution in [2.45, 2.75) is 31.7 Å². The molecule has 1 aliphatic carbocycles. The maximum absolute atomic E-state index is 12.9. The topological polar surface area (TPSA) is 106 Å². The highest BCUT2D eigenvalue weighted by Gasteiger charge is 2.28. The lowest BCUT2D eigenvalue weighted by Gasteiger charge is -2.28. The summed E-state index contributed by atoms with van der Waals surface area (Å²) in [6, 6.07) is 6.77. The predicted molar refractivity (Wildman–Crippen MR) is 117 cm³/mol. The number of methoxy groups -OCH3 is 1. The van der Waals surface area contributed by atoms with Crippen LogP contribution < -0.4 is 15.4 Å². The minimum Gasteiger partial charge on any atom is -0.481 e. The second kappa shape index (κ2) is 9.26. The van der Waals surface area contributed by atoms with E-state index in [4.69, 9.17) is 16.3 Å². The molecule has 0 unspecified atom stereocenters. The van der Waals surface area contributed by atoms with Gasteiger partial charge in [0.1, 0.15) is 5.52 Å². The Labute approximate surface area is 184 Å². The summed E-state index contributed by atoms with van der Waals surface area (Å²) in [4.78, 5) is 38.1. The molecule has 2 amide bonds. The van der Waals surface area contributed by atoms with Gasteiger partial charge in [-0.3, -0.25) is 19.6 Å². The quantitative estimate of drug-likeness (QED) is 0.629. The van der Waals surface area contributed by atoms with Crippen molar-refractivity contribution >= 4 is 40.1 Å². The van der Waals surface area contributed by atoms with Crippen molar-refractivity contribution in [3.05, 3.63) is 53.4 Å². The van der Waals surface area contributed by atoms with E-state index in [1.165, 1.54) is 13.3 Å². The van der Waals surface area contributed by atoms with Crippen molar-refractivity contribution < 1.29 is 14.3 Å². The van der Waals surface area contributed by atoms with E-state index >= 15 is 0 Å². The molecule has 1 fully saturated rings. The van der Waals surface area contributed by atoms with Gasteiger partial charge in [-0.2, -0.15) is 0 Å². The summed E-state index contributed by atoms with van der Waals surface area (Å²) >= 11 is 6.09. The molecular weight excluding hydrogens is 418 g/mol. The molecule has 31 heavy (non-hydrogen) atoms. The number of hydrogen-bond donors (Lipinski definition) is 2. The lowest BCUT2D eigenvalue weighted by molar-refractivity contribution is -0.120. The number of halogens is 1. The number of aromatic nitrogens is 3. The van der Waals surface area contributed by atoms with Gasteiger partial charge in [0.05, 0.1) is 35.1 Å². The smallest absolute Gasteiger partial charge is 0.253 e. The maximum atomic E-state index is 12.9. The fourth-order valence-electron chi connectivity index (χ4n) is 3.77. The summed E-state index contributed by atoms with van der Waals surface area (Å²) in [6.45, 7) is 0. The van der Waals surface area contributed by atoms with Crippen LogP contribution in [0.1, 0.15) is 36.0 Å². The lowest BCUT2D eigenvalue weighted by atomic mass is 9.85. The van der Waals surface area contributed by atoms with Crippen molar-refractivity contribution in [3.63, 3.8) is 0 Å². The summed E-state index contributed by atoms with van der Waals surface area (Å²) in [6.07, 6.45) is 7.48. The van der Waals surface area contributed by atoms with Crippen LogP contribution in [0.5, 0.6) is 5.88 Å². The summed E-state index contributed by atoms with van der Waals surface area (Å²) in [5, 5.41) is 6.37. The third kappa shape index (κ3) is 4.74. The van der Waals surface area contributed by atoms with Crippen LogP contribution in [0.4, 0.5) is 5.69 Å². The van der Waals surface area contributed by atoms with Crippen LogP contribution in [0.2, 0.25) is 5.02 Å². The molecule has 2 N–H and O–H groups in total. The Morgan fingerprint density at radius 1 is 1.10 bits per heavy atom. The molecule has 8 nitrogen and oxygen atoms in total. The van der Waals surface area contributed by atoms with Gasteiger partial charge in [-0.25, -0.2) is 4.98 Å². The fourth-order valence-corrected chi connectivity index (χ4v) is 3.92. The first-order chi connectivity index (χ1) is 15.0. The number of rotatable bonds is 5. The number of nitrogens with zero attached hydrogens (tertiary/aromatic N) is 3. The van der Waals surface area contributed by atoms with Crippen LogP contribution in [-0.4, -0.2) is 39.9 Å². The molecule has 1 aliphatic rings. The molecular formula is C22H22ClN5O3. The number of fused-ring (bicyclic) bond motifs is 1. The summed E-state index contributed by atoms with van der Waals surface area (Å²) in [7, 11) is 1.53. The van der Waals surface area contributed by atoms with E-state index in [0.717, 1.165) is 0 Å². The molecule has 9 heteroatoms. The first-order valence-electron chi connectivity index (χ1n) is 10.1. The van der Waals surface area contributed by atoms with Gasteiger partial charge >= 0.3 is 0 Å². The molecule has 3 heterocycles. The standard InChI is InChI=1S/C22H22ClN5O3/c1-31-19-7-6-17-20(28-19)15(8-11-25-17)22(30)26-14-4-2-13(3-5-14)21(29)27-18-12-24-10-9-16(18)23/h6-14H,2-5H2,1H3,(H,26,30)(H,27,29)/t13-,14-. The van der Waals surface area contributed by atoms with Crippen molar-refractivity contribution in [1.29, 1.82) is 0 Å². The van der Waals surface area contributed by atoms with Crippen molar-refractivity contribution in [2.75, 3.05) is 12.4 Å². The van der Waals surface area contributed by atoms with E-state index in [-0.39, 0.29) is 23.8 Å². The van der Waals surface area contributed by atoms with Crippen LogP contribution in [0.3, 0.4) is 0 Å². The molecule has 0 aliphatic heterocycles. The number of anilines is 1. The first kappa shape index (κ1) is 21.0. The summed E-state index contributed by atoms with van der Waals surface area (Å²) in [5.74, 6) is 0.0196. The van der Waals surface area contributed by atoms with Crippen LogP contribution in [0.25, 0.3) is 11.0 Å². The lowest BCUT2D eigenvalue weighted by Crippen LogP contribution is -2.39. The van der Waals surface area contributed by atoms with E-state index in [1.54, 1.807) is 36.7 Å². The molecule has 1 saturated carbocycles.